The third-order valence-corrected chi connectivity index (χ3v) is 6.47. The normalized spacial score (nSPS) is 25.1. The number of halogens is 3. The molecular weight excluding hydrogens is 437 g/mol. The molecule has 176 valence electrons. The molecule has 0 bridgehead atoms. The SMILES string of the molecule is COC1CCCC1CO[C@H]1COc2ccccc2[C@@H]1Nc1ncnc2[nH]c(C(F)(F)F)cc12. The maximum absolute atomic E-state index is 13.2. The molecule has 2 unspecified atom stereocenters. The molecule has 0 radical (unpaired) electrons. The Kier molecular flexibility index (Phi) is 5.88. The Morgan fingerprint density at radius 1 is 1.18 bits per heavy atom. The molecule has 1 saturated carbocycles. The van der Waals surface area contributed by atoms with Crippen LogP contribution in [0.3, 0.4) is 0 Å². The van der Waals surface area contributed by atoms with Crippen LogP contribution < -0.4 is 10.1 Å². The summed E-state index contributed by atoms with van der Waals surface area (Å²) in [5.41, 5.74) is 0.112. The molecule has 10 heteroatoms. The number of nitrogens with one attached hydrogen (secondary N) is 2. The molecule has 2 aliphatic rings. The molecule has 0 saturated heterocycles. The minimum atomic E-state index is -4.51. The van der Waals surface area contributed by atoms with E-state index < -0.39 is 11.9 Å². The summed E-state index contributed by atoms with van der Waals surface area (Å²) in [7, 11) is 1.72. The second-order valence-corrected chi connectivity index (χ2v) is 8.47. The summed E-state index contributed by atoms with van der Waals surface area (Å²) in [6.45, 7) is 0.836. The van der Waals surface area contributed by atoms with Crippen molar-refractivity contribution in [2.75, 3.05) is 25.6 Å². The van der Waals surface area contributed by atoms with Crippen LogP contribution in [-0.4, -0.2) is 47.5 Å². The van der Waals surface area contributed by atoms with Crippen LogP contribution in [-0.2, 0) is 15.7 Å². The molecule has 3 heterocycles. The molecule has 1 aromatic carbocycles. The lowest BCUT2D eigenvalue weighted by Gasteiger charge is -2.35. The van der Waals surface area contributed by atoms with Gasteiger partial charge in [0.2, 0.25) is 0 Å². The smallest absolute Gasteiger partial charge is 0.431 e. The van der Waals surface area contributed by atoms with E-state index in [1.165, 1.54) is 6.33 Å². The number of aromatic amines is 1. The van der Waals surface area contributed by atoms with Crippen molar-refractivity contribution >= 4 is 16.9 Å². The number of H-pyrrole nitrogens is 1. The van der Waals surface area contributed by atoms with Gasteiger partial charge in [0.1, 0.15) is 41.9 Å². The molecule has 3 aromatic rings. The maximum atomic E-state index is 13.2. The number of benzene rings is 1. The molecule has 4 atom stereocenters. The van der Waals surface area contributed by atoms with Crippen LogP contribution in [0.1, 0.15) is 36.6 Å². The van der Waals surface area contributed by atoms with Gasteiger partial charge in [0.05, 0.1) is 24.1 Å². The van der Waals surface area contributed by atoms with E-state index in [0.29, 0.717) is 30.7 Å². The fourth-order valence-corrected chi connectivity index (χ4v) is 4.76. The highest BCUT2D eigenvalue weighted by Gasteiger charge is 2.36. The molecule has 1 fully saturated rings. The summed E-state index contributed by atoms with van der Waals surface area (Å²) in [5.74, 6) is 1.32. The first-order valence-corrected chi connectivity index (χ1v) is 11.0. The lowest BCUT2D eigenvalue weighted by molar-refractivity contribution is -0.140. The molecular formula is C23H25F3N4O3. The molecule has 5 rings (SSSR count). The van der Waals surface area contributed by atoms with Crippen molar-refractivity contribution in [2.24, 2.45) is 5.92 Å². The van der Waals surface area contributed by atoms with E-state index in [1.54, 1.807) is 7.11 Å². The van der Waals surface area contributed by atoms with Gasteiger partial charge in [-0.1, -0.05) is 24.6 Å². The Balaban J connectivity index is 1.44. The first-order valence-electron chi connectivity index (χ1n) is 11.0. The molecule has 2 N–H and O–H groups in total. The molecule has 2 aromatic heterocycles. The fourth-order valence-electron chi connectivity index (χ4n) is 4.76. The number of nitrogens with zero attached hydrogens (tertiary/aromatic N) is 2. The zero-order chi connectivity index (χ0) is 23.0. The van der Waals surface area contributed by atoms with E-state index in [9.17, 15) is 13.2 Å². The molecule has 33 heavy (non-hydrogen) atoms. The van der Waals surface area contributed by atoms with Gasteiger partial charge in [-0.05, 0) is 25.0 Å². The van der Waals surface area contributed by atoms with Crippen LogP contribution in [0.25, 0.3) is 11.0 Å². The minimum absolute atomic E-state index is 0.117. The van der Waals surface area contributed by atoms with E-state index in [1.807, 2.05) is 24.3 Å². The largest absolute Gasteiger partial charge is 0.490 e. The number of anilines is 1. The first kappa shape index (κ1) is 22.0. The highest BCUT2D eigenvalue weighted by molar-refractivity contribution is 5.88. The molecule has 7 nitrogen and oxygen atoms in total. The summed E-state index contributed by atoms with van der Waals surface area (Å²) < 4.78 is 57.5. The van der Waals surface area contributed by atoms with E-state index >= 15 is 0 Å². The number of hydrogen-bond acceptors (Lipinski definition) is 6. The van der Waals surface area contributed by atoms with Gasteiger partial charge >= 0.3 is 6.18 Å². The van der Waals surface area contributed by atoms with Crippen molar-refractivity contribution in [2.45, 2.75) is 43.7 Å². The van der Waals surface area contributed by atoms with Crippen LogP contribution in [0.15, 0.2) is 36.7 Å². The van der Waals surface area contributed by atoms with Crippen molar-refractivity contribution in [3.8, 4) is 5.75 Å². The van der Waals surface area contributed by atoms with Crippen LogP contribution in [0.5, 0.6) is 5.75 Å². The number of hydrogen-bond donors (Lipinski definition) is 2. The number of methoxy groups -OCH3 is 1. The zero-order valence-corrected chi connectivity index (χ0v) is 18.1. The standard InChI is InChI=1S/C23H25F3N4O3/c1-31-16-8-4-5-13(16)10-32-18-11-33-17-7-3-2-6-14(17)20(18)30-22-15-9-19(23(24,25)26)29-21(15)27-12-28-22/h2-3,6-7,9,12-13,16,18,20H,4-5,8,10-11H2,1H3,(H2,27,28,29,30)/t13?,16?,18-,20-/m0/s1. The number of rotatable bonds is 6. The van der Waals surface area contributed by atoms with Gasteiger partial charge in [-0.15, -0.1) is 0 Å². The number of aromatic nitrogens is 3. The molecule has 1 aliphatic heterocycles. The predicted molar refractivity (Wildman–Crippen MR) is 115 cm³/mol. The minimum Gasteiger partial charge on any atom is -0.490 e. The predicted octanol–water partition coefficient (Wildman–Crippen LogP) is 4.72. The highest BCUT2D eigenvalue weighted by atomic mass is 19.4. The molecule has 0 spiro atoms. The van der Waals surface area contributed by atoms with E-state index in [-0.39, 0.29) is 29.3 Å². The van der Waals surface area contributed by atoms with Crippen molar-refractivity contribution in [3.63, 3.8) is 0 Å². The Morgan fingerprint density at radius 2 is 2.03 bits per heavy atom. The second-order valence-electron chi connectivity index (χ2n) is 8.47. The van der Waals surface area contributed by atoms with Gasteiger partial charge in [0.25, 0.3) is 0 Å². The number of alkyl halides is 3. The number of ether oxygens (including phenoxy) is 3. The van der Waals surface area contributed by atoms with Crippen LogP contribution in [0.4, 0.5) is 19.0 Å². The summed E-state index contributed by atoms with van der Waals surface area (Å²) in [6.07, 6.45) is -0.287. The highest BCUT2D eigenvalue weighted by Crippen LogP contribution is 2.38. The van der Waals surface area contributed by atoms with Gasteiger partial charge in [0, 0.05) is 18.6 Å². The summed E-state index contributed by atoms with van der Waals surface area (Å²) in [4.78, 5) is 10.5. The summed E-state index contributed by atoms with van der Waals surface area (Å²) >= 11 is 0. The summed E-state index contributed by atoms with van der Waals surface area (Å²) in [5, 5.41) is 3.59. The van der Waals surface area contributed by atoms with Crippen LogP contribution in [0, 0.1) is 5.92 Å². The Hall–Kier alpha value is -2.85. The average Bonchev–Trinajstić information content (AvgIpc) is 3.45. The van der Waals surface area contributed by atoms with Crippen molar-refractivity contribution in [1.82, 2.24) is 15.0 Å². The molecule has 0 amide bonds. The van der Waals surface area contributed by atoms with Gasteiger partial charge in [-0.2, -0.15) is 13.2 Å². The van der Waals surface area contributed by atoms with Crippen LogP contribution in [0.2, 0.25) is 0 Å². The van der Waals surface area contributed by atoms with Gasteiger partial charge in [-0.25, -0.2) is 9.97 Å². The monoisotopic (exact) mass is 462 g/mol. The summed E-state index contributed by atoms with van der Waals surface area (Å²) in [6, 6.07) is 8.23. The van der Waals surface area contributed by atoms with Gasteiger partial charge in [-0.3, -0.25) is 0 Å². The van der Waals surface area contributed by atoms with Crippen molar-refractivity contribution in [1.29, 1.82) is 0 Å². The van der Waals surface area contributed by atoms with E-state index in [0.717, 1.165) is 30.9 Å². The number of para-hydroxylation sites is 1. The quantitative estimate of drug-likeness (QED) is 0.552. The zero-order valence-electron chi connectivity index (χ0n) is 18.1. The van der Waals surface area contributed by atoms with Gasteiger partial charge < -0.3 is 24.5 Å². The second kappa shape index (κ2) is 8.83. The van der Waals surface area contributed by atoms with Crippen molar-refractivity contribution < 1.29 is 27.4 Å². The van der Waals surface area contributed by atoms with E-state index in [4.69, 9.17) is 14.2 Å². The Morgan fingerprint density at radius 3 is 2.85 bits per heavy atom. The molecule has 1 aliphatic carbocycles. The van der Waals surface area contributed by atoms with Crippen molar-refractivity contribution in [3.05, 3.63) is 47.9 Å². The average molecular weight is 462 g/mol. The lowest BCUT2D eigenvalue weighted by atomic mass is 9.97. The maximum Gasteiger partial charge on any atom is 0.431 e. The number of fused-ring (bicyclic) bond motifs is 2. The first-order chi connectivity index (χ1) is 15.9. The Bertz CT molecular complexity index is 1120. The Labute approximate surface area is 188 Å². The lowest BCUT2D eigenvalue weighted by Crippen LogP contribution is -2.39. The van der Waals surface area contributed by atoms with Gasteiger partial charge in [0.15, 0.2) is 0 Å². The van der Waals surface area contributed by atoms with E-state index in [2.05, 4.69) is 20.3 Å². The third-order valence-electron chi connectivity index (χ3n) is 6.47. The third kappa shape index (κ3) is 4.37. The fraction of sp³-hybridized carbons (Fsp3) is 0.478. The topological polar surface area (TPSA) is 81.3 Å². The van der Waals surface area contributed by atoms with Crippen LogP contribution >= 0.6 is 0 Å².